The van der Waals surface area contributed by atoms with Gasteiger partial charge in [0.15, 0.2) is 0 Å². The molecular formula is C14H30O7P2. The normalized spacial score (nSPS) is 15.4. The Morgan fingerprint density at radius 3 is 1.61 bits per heavy atom. The third-order valence-corrected chi connectivity index (χ3v) is 6.14. The second-order valence-corrected chi connectivity index (χ2v) is 9.31. The zero-order valence-corrected chi connectivity index (χ0v) is 16.9. The summed E-state index contributed by atoms with van der Waals surface area (Å²) in [5, 5.41) is 0. The summed E-state index contributed by atoms with van der Waals surface area (Å²) in [5.74, 6) is 0. The Kier molecular flexibility index (Phi) is 10.1. The highest BCUT2D eigenvalue weighted by Crippen LogP contribution is 2.67. The molecule has 0 aliphatic carbocycles. The summed E-state index contributed by atoms with van der Waals surface area (Å²) < 4.78 is 51.5. The van der Waals surface area contributed by atoms with Gasteiger partial charge < -0.3 is 0 Å². The van der Waals surface area contributed by atoms with Crippen LogP contribution < -0.4 is 0 Å². The largest absolute Gasteiger partial charge is 0.484 e. The van der Waals surface area contributed by atoms with Gasteiger partial charge in [0.25, 0.3) is 0 Å². The minimum atomic E-state index is -4.12. The molecule has 0 radical (unpaired) electrons. The van der Waals surface area contributed by atoms with Crippen LogP contribution in [0.25, 0.3) is 0 Å². The second-order valence-electron chi connectivity index (χ2n) is 5.98. The van der Waals surface area contributed by atoms with E-state index in [9.17, 15) is 9.13 Å². The van der Waals surface area contributed by atoms with Gasteiger partial charge in [-0.3, -0.25) is 18.1 Å². The summed E-state index contributed by atoms with van der Waals surface area (Å²) >= 11 is 0. The minimum absolute atomic E-state index is 0.0582. The SMILES string of the molecule is C=C(C)CCOP(=O)(OC(C)C)OP(=O)(OC(C)C)OC(C)C. The number of hydrogen-bond acceptors (Lipinski definition) is 7. The zero-order valence-electron chi connectivity index (χ0n) is 15.1. The van der Waals surface area contributed by atoms with Crippen molar-refractivity contribution < 1.29 is 31.5 Å². The fourth-order valence-corrected chi connectivity index (χ4v) is 4.97. The van der Waals surface area contributed by atoms with E-state index in [-0.39, 0.29) is 6.61 Å². The van der Waals surface area contributed by atoms with E-state index in [1.807, 2.05) is 6.92 Å². The third kappa shape index (κ3) is 11.2. The van der Waals surface area contributed by atoms with Crippen LogP contribution in [0.15, 0.2) is 12.2 Å². The Labute approximate surface area is 139 Å². The quantitative estimate of drug-likeness (QED) is 0.331. The highest BCUT2D eigenvalue weighted by atomic mass is 31.3. The highest BCUT2D eigenvalue weighted by molar-refractivity contribution is 7.62. The van der Waals surface area contributed by atoms with Crippen molar-refractivity contribution >= 4 is 15.6 Å². The van der Waals surface area contributed by atoms with E-state index in [1.54, 1.807) is 41.5 Å². The van der Waals surface area contributed by atoms with Crippen LogP contribution in [-0.4, -0.2) is 24.9 Å². The van der Waals surface area contributed by atoms with E-state index in [0.717, 1.165) is 5.57 Å². The maximum atomic E-state index is 12.8. The first-order valence-electron chi connectivity index (χ1n) is 7.63. The number of phosphoric ester groups is 2. The monoisotopic (exact) mass is 372 g/mol. The number of rotatable bonds is 12. The van der Waals surface area contributed by atoms with Crippen LogP contribution in [-0.2, 0) is 31.5 Å². The predicted molar refractivity (Wildman–Crippen MR) is 90.3 cm³/mol. The molecule has 0 saturated heterocycles. The van der Waals surface area contributed by atoms with E-state index < -0.39 is 34.0 Å². The van der Waals surface area contributed by atoms with Gasteiger partial charge in [-0.2, -0.15) is 4.31 Å². The van der Waals surface area contributed by atoms with Gasteiger partial charge in [0.1, 0.15) is 0 Å². The first kappa shape index (κ1) is 23.0. The molecule has 0 aliphatic rings. The van der Waals surface area contributed by atoms with Crippen LogP contribution in [0.2, 0.25) is 0 Å². The molecule has 0 N–H and O–H groups in total. The van der Waals surface area contributed by atoms with Crippen molar-refractivity contribution in [1.29, 1.82) is 0 Å². The molecule has 23 heavy (non-hydrogen) atoms. The van der Waals surface area contributed by atoms with Crippen LogP contribution in [0.1, 0.15) is 54.9 Å². The molecule has 0 bridgehead atoms. The minimum Gasteiger partial charge on any atom is -0.286 e. The average molecular weight is 372 g/mol. The summed E-state index contributed by atoms with van der Waals surface area (Å²) in [6, 6.07) is 0. The molecule has 0 rings (SSSR count). The summed E-state index contributed by atoms with van der Waals surface area (Å²) in [7, 11) is -8.23. The fraction of sp³-hybridized carbons (Fsp3) is 0.857. The number of phosphoric acid groups is 2. The molecule has 1 unspecified atom stereocenters. The van der Waals surface area contributed by atoms with E-state index in [2.05, 4.69) is 6.58 Å². The lowest BCUT2D eigenvalue weighted by Gasteiger charge is -2.26. The van der Waals surface area contributed by atoms with E-state index in [4.69, 9.17) is 22.4 Å². The molecule has 0 saturated carbocycles. The molecule has 0 aliphatic heterocycles. The topological polar surface area (TPSA) is 80.3 Å². The van der Waals surface area contributed by atoms with Crippen molar-refractivity contribution in [2.75, 3.05) is 6.61 Å². The second kappa shape index (κ2) is 10.1. The Balaban J connectivity index is 5.22. The maximum Gasteiger partial charge on any atom is 0.484 e. The van der Waals surface area contributed by atoms with E-state index in [1.165, 1.54) is 0 Å². The van der Waals surface area contributed by atoms with Crippen molar-refractivity contribution in [2.45, 2.75) is 73.2 Å². The van der Waals surface area contributed by atoms with Gasteiger partial charge in [0.2, 0.25) is 0 Å². The molecule has 0 amide bonds. The summed E-state index contributed by atoms with van der Waals surface area (Å²) in [6.45, 7) is 15.6. The van der Waals surface area contributed by atoms with Crippen molar-refractivity contribution in [3.05, 3.63) is 12.2 Å². The lowest BCUT2D eigenvalue weighted by Crippen LogP contribution is -2.12. The van der Waals surface area contributed by atoms with Crippen molar-refractivity contribution in [2.24, 2.45) is 0 Å². The summed E-state index contributed by atoms with van der Waals surface area (Å²) in [5.41, 5.74) is 0.848. The van der Waals surface area contributed by atoms with Gasteiger partial charge in [-0.25, -0.2) is 9.13 Å². The molecule has 0 fully saturated rings. The number of hydrogen-bond donors (Lipinski definition) is 0. The molecule has 0 spiro atoms. The van der Waals surface area contributed by atoms with Gasteiger partial charge in [-0.15, -0.1) is 6.58 Å². The Morgan fingerprint density at radius 1 is 0.870 bits per heavy atom. The Hall–Kier alpha value is -0.0000000000000000416. The lowest BCUT2D eigenvalue weighted by molar-refractivity contribution is 0.0722. The van der Waals surface area contributed by atoms with E-state index >= 15 is 0 Å². The summed E-state index contributed by atoms with van der Waals surface area (Å²) in [4.78, 5) is 0. The van der Waals surface area contributed by atoms with Crippen molar-refractivity contribution in [3.8, 4) is 0 Å². The van der Waals surface area contributed by atoms with Crippen LogP contribution in [0.4, 0.5) is 0 Å². The lowest BCUT2D eigenvalue weighted by atomic mass is 10.3. The molecule has 0 aromatic carbocycles. The van der Waals surface area contributed by atoms with Crippen LogP contribution in [0.3, 0.4) is 0 Å². The Bertz CT molecular complexity index is 446. The molecule has 1 atom stereocenters. The predicted octanol–water partition coefficient (Wildman–Crippen LogP) is 5.48. The molecule has 0 aromatic rings. The molecular weight excluding hydrogens is 342 g/mol. The first-order valence-corrected chi connectivity index (χ1v) is 10.5. The smallest absolute Gasteiger partial charge is 0.286 e. The highest BCUT2D eigenvalue weighted by Gasteiger charge is 2.42. The molecule has 0 aromatic heterocycles. The van der Waals surface area contributed by atoms with Gasteiger partial charge >= 0.3 is 15.6 Å². The average Bonchev–Trinajstić information content (AvgIpc) is 2.22. The van der Waals surface area contributed by atoms with Crippen molar-refractivity contribution in [1.82, 2.24) is 0 Å². The maximum absolute atomic E-state index is 12.8. The van der Waals surface area contributed by atoms with Crippen molar-refractivity contribution in [3.63, 3.8) is 0 Å². The van der Waals surface area contributed by atoms with Gasteiger partial charge in [-0.1, -0.05) is 5.57 Å². The zero-order chi connectivity index (χ0) is 18.3. The fourth-order valence-electron chi connectivity index (χ4n) is 1.37. The summed E-state index contributed by atoms with van der Waals surface area (Å²) in [6.07, 6.45) is -0.906. The standard InChI is InChI=1S/C14H30O7P2/c1-11(2)9-10-17-22(15,18-12(3)4)21-23(16,19-13(5)6)20-14(7)8/h12-14H,1,9-10H2,2-8H3. The molecule has 9 heteroatoms. The first-order chi connectivity index (χ1) is 10.4. The van der Waals surface area contributed by atoms with Gasteiger partial charge in [-0.05, 0) is 54.9 Å². The molecule has 138 valence electrons. The third-order valence-electron chi connectivity index (χ3n) is 2.00. The van der Waals surface area contributed by atoms with E-state index in [0.29, 0.717) is 6.42 Å². The van der Waals surface area contributed by atoms with Gasteiger partial charge in [0.05, 0.1) is 24.9 Å². The van der Waals surface area contributed by atoms with Crippen LogP contribution in [0, 0.1) is 0 Å². The molecule has 7 nitrogen and oxygen atoms in total. The Morgan fingerprint density at radius 2 is 1.26 bits per heavy atom. The van der Waals surface area contributed by atoms with Crippen LogP contribution in [0.5, 0.6) is 0 Å². The van der Waals surface area contributed by atoms with Crippen LogP contribution >= 0.6 is 15.6 Å². The molecule has 0 heterocycles. The van der Waals surface area contributed by atoms with Gasteiger partial charge in [0, 0.05) is 0 Å².